The van der Waals surface area contributed by atoms with E-state index in [0.29, 0.717) is 37.5 Å². The molecule has 1 N–H and O–H groups in total. The zero-order valence-corrected chi connectivity index (χ0v) is 19.7. The number of aliphatic hydroxyl groups is 1. The van der Waals surface area contributed by atoms with Gasteiger partial charge in [-0.25, -0.2) is 0 Å². The van der Waals surface area contributed by atoms with Gasteiger partial charge in [-0.05, 0) is 98.2 Å². The Bertz CT molecular complexity index is 875. The Morgan fingerprint density at radius 3 is 2.61 bits per heavy atom. The molecule has 0 spiro atoms. The molecule has 0 bridgehead atoms. The van der Waals surface area contributed by atoms with Crippen molar-refractivity contribution in [2.45, 2.75) is 97.9 Å². The first kappa shape index (κ1) is 17.6. The van der Waals surface area contributed by atoms with Crippen LogP contribution in [0.3, 0.4) is 0 Å². The molecule has 0 heterocycles. The highest BCUT2D eigenvalue weighted by Crippen LogP contribution is 2.68. The summed E-state index contributed by atoms with van der Waals surface area (Å²) in [5.74, 6) is -1.63. The number of hydrogen-bond donors (Lipinski definition) is 1. The van der Waals surface area contributed by atoms with Gasteiger partial charge in [0.1, 0.15) is 5.78 Å². The summed E-state index contributed by atoms with van der Waals surface area (Å²) in [7, 11) is 1.41. The molecule has 4 aliphatic rings. The highest BCUT2D eigenvalue weighted by Gasteiger charge is 2.65. The summed E-state index contributed by atoms with van der Waals surface area (Å²) in [6.07, 6.45) is 3.16. The molecule has 4 aliphatic carbocycles. The van der Waals surface area contributed by atoms with Crippen LogP contribution >= 0.6 is 0 Å². The number of esters is 1. The molecule has 4 fully saturated rings. The first-order chi connectivity index (χ1) is 16.6. The van der Waals surface area contributed by atoms with E-state index < -0.39 is 31.2 Å². The minimum atomic E-state index is -2.91. The normalized spacial score (nSPS) is 51.1. The third-order valence-electron chi connectivity index (χ3n) is 10.5. The fourth-order valence-electron chi connectivity index (χ4n) is 8.80. The van der Waals surface area contributed by atoms with E-state index in [0.717, 1.165) is 32.1 Å². The van der Waals surface area contributed by atoms with Crippen LogP contribution in [-0.2, 0) is 14.3 Å². The Morgan fingerprint density at radius 2 is 1.90 bits per heavy atom. The predicted octanol–water partition coefficient (Wildman–Crippen LogP) is 5.41. The van der Waals surface area contributed by atoms with Crippen molar-refractivity contribution in [1.82, 2.24) is 0 Å². The molecule has 31 heavy (non-hydrogen) atoms. The summed E-state index contributed by atoms with van der Waals surface area (Å²) < 4.78 is 46.2. The largest absolute Gasteiger partial charge is 0.469 e. The molecule has 0 radical (unpaired) electrons. The number of Topliss-reactive ketones (excluding diaryl/α,β-unsaturated/α-hetero) is 1. The standard InChI is InChI=1S/C27H44O4/c1-6-18-22-15-17(28)11-13-27(22,4)21-12-14-26(3)19(16(2)7-10-23(29)31-5)8-9-20(26)24(21)25(18)30/h16-22,24,28H,6-15H2,1-5H3/t16?,17-,18-,19-,20+,21+,22+,24+,26-,27-/m1/s1/i1D3,6D2. The molecule has 4 saturated carbocycles. The highest BCUT2D eigenvalue weighted by molar-refractivity contribution is 5.86. The molecule has 4 nitrogen and oxygen atoms in total. The Hall–Kier alpha value is -0.900. The molecule has 10 atom stereocenters. The first-order valence-corrected chi connectivity index (χ1v) is 12.4. The van der Waals surface area contributed by atoms with E-state index in [2.05, 4.69) is 20.8 Å². The molecular weight excluding hydrogens is 388 g/mol. The highest BCUT2D eigenvalue weighted by atomic mass is 16.5. The van der Waals surface area contributed by atoms with Gasteiger partial charge in [0.2, 0.25) is 0 Å². The van der Waals surface area contributed by atoms with Crippen molar-refractivity contribution in [3.8, 4) is 0 Å². The number of carbonyl (C=O) groups is 2. The molecule has 176 valence electrons. The summed E-state index contributed by atoms with van der Waals surface area (Å²) in [6, 6.07) is 0. The van der Waals surface area contributed by atoms with Gasteiger partial charge in [0, 0.05) is 25.1 Å². The van der Waals surface area contributed by atoms with Gasteiger partial charge in [-0.2, -0.15) is 0 Å². The van der Waals surface area contributed by atoms with Gasteiger partial charge in [-0.1, -0.05) is 27.6 Å². The molecule has 4 heteroatoms. The van der Waals surface area contributed by atoms with Crippen molar-refractivity contribution in [2.24, 2.45) is 52.3 Å². The third-order valence-corrected chi connectivity index (χ3v) is 10.5. The summed E-state index contributed by atoms with van der Waals surface area (Å²) >= 11 is 0. The Morgan fingerprint density at radius 1 is 1.19 bits per heavy atom. The van der Waals surface area contributed by atoms with Crippen LogP contribution in [-0.4, -0.2) is 30.1 Å². The Labute approximate surface area is 195 Å². The first-order valence-electron chi connectivity index (χ1n) is 14.9. The minimum Gasteiger partial charge on any atom is -0.469 e. The quantitative estimate of drug-likeness (QED) is 0.584. The molecule has 0 aromatic carbocycles. The van der Waals surface area contributed by atoms with Crippen LogP contribution < -0.4 is 0 Å². The zero-order chi connectivity index (χ0) is 26.8. The van der Waals surface area contributed by atoms with E-state index in [1.807, 2.05) is 0 Å². The molecule has 0 aromatic heterocycles. The number of ketones is 1. The molecule has 0 aliphatic heterocycles. The van der Waals surface area contributed by atoms with Crippen molar-refractivity contribution in [1.29, 1.82) is 0 Å². The molecule has 1 unspecified atom stereocenters. The number of fused-ring (bicyclic) bond motifs is 5. The lowest BCUT2D eigenvalue weighted by Crippen LogP contribution is -2.60. The van der Waals surface area contributed by atoms with Crippen molar-refractivity contribution in [3.63, 3.8) is 0 Å². The second kappa shape index (κ2) is 8.47. The van der Waals surface area contributed by atoms with Crippen LogP contribution in [0.15, 0.2) is 0 Å². The Balaban J connectivity index is 1.70. The van der Waals surface area contributed by atoms with Crippen molar-refractivity contribution in [3.05, 3.63) is 0 Å². The van der Waals surface area contributed by atoms with Gasteiger partial charge < -0.3 is 9.84 Å². The average molecular weight is 438 g/mol. The van der Waals surface area contributed by atoms with Gasteiger partial charge in [0.15, 0.2) is 0 Å². The fraction of sp³-hybridized carbons (Fsp3) is 0.926. The molecule has 0 saturated heterocycles. The van der Waals surface area contributed by atoms with E-state index in [1.165, 1.54) is 7.11 Å². The number of methoxy groups -OCH3 is 1. The SMILES string of the molecule is [2H]C([2H])([2H])C([2H])([2H])[C@H]1C(=O)[C@@H]2[C@H](CC[C@]3(C)[C@@H](C(C)CCC(=O)OC)CC[C@@H]23)[C@@]2(C)CC[C@@H](O)C[C@@H]12. The van der Waals surface area contributed by atoms with E-state index in [4.69, 9.17) is 11.6 Å². The lowest BCUT2D eigenvalue weighted by Gasteiger charge is -2.62. The van der Waals surface area contributed by atoms with Crippen molar-refractivity contribution >= 4 is 11.8 Å². The van der Waals surface area contributed by atoms with Crippen LogP contribution in [0.5, 0.6) is 0 Å². The van der Waals surface area contributed by atoms with Crippen molar-refractivity contribution < 1.29 is 26.3 Å². The van der Waals surface area contributed by atoms with Gasteiger partial charge in [-0.15, -0.1) is 0 Å². The topological polar surface area (TPSA) is 63.6 Å². The fourth-order valence-corrected chi connectivity index (χ4v) is 8.80. The molecule has 0 amide bonds. The van der Waals surface area contributed by atoms with Gasteiger partial charge in [-0.3, -0.25) is 9.59 Å². The second-order valence-corrected chi connectivity index (χ2v) is 11.6. The molecular formula is C27H44O4. The number of hydrogen-bond acceptors (Lipinski definition) is 4. The average Bonchev–Trinajstić information content (AvgIpc) is 3.14. The van der Waals surface area contributed by atoms with E-state index >= 15 is 0 Å². The van der Waals surface area contributed by atoms with E-state index in [-0.39, 0.29) is 40.3 Å². The van der Waals surface area contributed by atoms with Gasteiger partial charge in [0.05, 0.1) is 13.2 Å². The van der Waals surface area contributed by atoms with Gasteiger partial charge in [0.25, 0.3) is 0 Å². The smallest absolute Gasteiger partial charge is 0.305 e. The van der Waals surface area contributed by atoms with Crippen LogP contribution in [0, 0.1) is 52.3 Å². The maximum atomic E-state index is 14.3. The third kappa shape index (κ3) is 3.60. The number of ether oxygens (including phenoxy) is 1. The lowest BCUT2D eigenvalue weighted by molar-refractivity contribution is -0.173. The van der Waals surface area contributed by atoms with Crippen molar-refractivity contribution in [2.75, 3.05) is 7.11 Å². The second-order valence-electron chi connectivity index (χ2n) is 11.6. The summed E-state index contributed by atoms with van der Waals surface area (Å²) in [5, 5.41) is 10.5. The maximum absolute atomic E-state index is 14.3. The van der Waals surface area contributed by atoms with E-state index in [9.17, 15) is 14.7 Å². The van der Waals surface area contributed by atoms with E-state index in [1.54, 1.807) is 0 Å². The maximum Gasteiger partial charge on any atom is 0.305 e. The molecule has 0 aromatic rings. The number of aliphatic hydroxyl groups excluding tert-OH is 1. The number of carbonyl (C=O) groups excluding carboxylic acids is 2. The van der Waals surface area contributed by atoms with Crippen LogP contribution in [0.2, 0.25) is 0 Å². The summed E-state index contributed by atoms with van der Waals surface area (Å²) in [5.41, 5.74) is -0.460. The Kier molecular flexibility index (Phi) is 4.79. The van der Waals surface area contributed by atoms with Crippen LogP contribution in [0.4, 0.5) is 0 Å². The molecule has 4 rings (SSSR count). The van der Waals surface area contributed by atoms with Crippen LogP contribution in [0.25, 0.3) is 0 Å². The summed E-state index contributed by atoms with van der Waals surface area (Å²) in [6.45, 7) is 3.69. The summed E-state index contributed by atoms with van der Waals surface area (Å²) in [4.78, 5) is 26.1. The predicted molar refractivity (Wildman–Crippen MR) is 121 cm³/mol. The lowest BCUT2D eigenvalue weighted by atomic mass is 9.42. The zero-order valence-electron chi connectivity index (χ0n) is 24.7. The van der Waals surface area contributed by atoms with Gasteiger partial charge >= 0.3 is 5.97 Å². The monoisotopic (exact) mass is 437 g/mol. The minimum absolute atomic E-state index is 0.0911. The number of rotatable bonds is 5. The van der Waals surface area contributed by atoms with Crippen LogP contribution in [0.1, 0.15) is 98.6 Å².